The largest absolute Gasteiger partial charge is 0.479 e. The number of carboxylic acids is 2. The molecule has 0 aliphatic heterocycles. The van der Waals surface area contributed by atoms with Gasteiger partial charge in [0.2, 0.25) is 0 Å². The van der Waals surface area contributed by atoms with Gasteiger partial charge >= 0.3 is 17.9 Å². The molecule has 1 unspecified atom stereocenters. The van der Waals surface area contributed by atoms with Crippen LogP contribution in [0.2, 0.25) is 5.02 Å². The van der Waals surface area contributed by atoms with Crippen molar-refractivity contribution in [2.75, 3.05) is 12.4 Å². The number of aliphatic hydroxyl groups is 1. The molecule has 9 heteroatoms. The van der Waals surface area contributed by atoms with Gasteiger partial charge in [-0.1, -0.05) is 29.8 Å². The summed E-state index contributed by atoms with van der Waals surface area (Å²) in [6, 6.07) is 5.80. The van der Waals surface area contributed by atoms with Crippen molar-refractivity contribution in [3.8, 4) is 0 Å². The first-order valence-electron chi connectivity index (χ1n) is 7.13. The van der Waals surface area contributed by atoms with Crippen LogP contribution >= 0.6 is 23.4 Å². The molecule has 0 heterocycles. The number of carbonyl (C=O) groups is 3. The van der Waals surface area contributed by atoms with E-state index >= 15 is 0 Å². The fourth-order valence-corrected chi connectivity index (χ4v) is 3.22. The lowest BCUT2D eigenvalue weighted by Crippen LogP contribution is -2.50. The Morgan fingerprint density at radius 2 is 1.80 bits per heavy atom. The second-order valence-corrected chi connectivity index (χ2v) is 6.37. The van der Waals surface area contributed by atoms with Crippen molar-refractivity contribution in [1.29, 1.82) is 0 Å². The summed E-state index contributed by atoms with van der Waals surface area (Å²) in [5.41, 5.74) is -2.78. The van der Waals surface area contributed by atoms with E-state index in [-0.39, 0.29) is 17.9 Å². The lowest BCUT2D eigenvalue weighted by atomic mass is 9.94. The van der Waals surface area contributed by atoms with Crippen molar-refractivity contribution < 1.29 is 34.4 Å². The number of carbonyl (C=O) groups excluding carboxylic acids is 1. The van der Waals surface area contributed by atoms with Crippen molar-refractivity contribution in [3.05, 3.63) is 47.0 Å². The lowest BCUT2D eigenvalue weighted by molar-refractivity contribution is -0.176. The molecular formula is C16H17ClO7S. The molecule has 1 aromatic carbocycles. The van der Waals surface area contributed by atoms with Crippen LogP contribution in [-0.4, -0.2) is 51.2 Å². The highest BCUT2D eigenvalue weighted by Gasteiger charge is 2.52. The summed E-state index contributed by atoms with van der Waals surface area (Å²) < 4.78 is 4.70. The first-order valence-corrected chi connectivity index (χ1v) is 8.55. The van der Waals surface area contributed by atoms with Crippen LogP contribution in [0.3, 0.4) is 0 Å². The zero-order valence-electron chi connectivity index (χ0n) is 13.2. The number of rotatable bonds is 9. The maximum atomic E-state index is 11.4. The monoisotopic (exact) mass is 388 g/mol. The molecule has 0 radical (unpaired) electrons. The second kappa shape index (κ2) is 9.45. The van der Waals surface area contributed by atoms with Crippen molar-refractivity contribution in [2.45, 2.75) is 17.8 Å². The van der Waals surface area contributed by atoms with E-state index in [9.17, 15) is 29.7 Å². The van der Waals surface area contributed by atoms with Crippen LogP contribution in [0.4, 0.5) is 0 Å². The van der Waals surface area contributed by atoms with Crippen LogP contribution in [0.5, 0.6) is 0 Å². The molecule has 25 heavy (non-hydrogen) atoms. The molecule has 0 spiro atoms. The van der Waals surface area contributed by atoms with E-state index in [4.69, 9.17) is 16.3 Å². The zero-order valence-corrected chi connectivity index (χ0v) is 14.8. The number of ether oxygens (including phenoxy) is 1. The summed E-state index contributed by atoms with van der Waals surface area (Å²) >= 11 is 6.64. The van der Waals surface area contributed by atoms with Gasteiger partial charge < -0.3 is 20.1 Å². The van der Waals surface area contributed by atoms with Gasteiger partial charge in [-0.3, -0.25) is 0 Å². The molecule has 0 fully saturated rings. The van der Waals surface area contributed by atoms with E-state index in [1.807, 2.05) is 0 Å². The molecule has 0 bridgehead atoms. The van der Waals surface area contributed by atoms with Crippen molar-refractivity contribution in [1.82, 2.24) is 0 Å². The van der Waals surface area contributed by atoms with Crippen LogP contribution in [0.1, 0.15) is 17.7 Å². The third kappa shape index (κ3) is 5.48. The quantitative estimate of drug-likeness (QED) is 0.334. The van der Waals surface area contributed by atoms with Gasteiger partial charge in [-0.15, -0.1) is 11.8 Å². The van der Waals surface area contributed by atoms with Gasteiger partial charge in [-0.2, -0.15) is 0 Å². The minimum atomic E-state index is -3.05. The molecule has 136 valence electrons. The predicted molar refractivity (Wildman–Crippen MR) is 92.6 cm³/mol. The minimum absolute atomic E-state index is 0.0784. The number of carboxylic acid groups (broad SMARTS) is 2. The summed E-state index contributed by atoms with van der Waals surface area (Å²) in [7, 11) is 0. The minimum Gasteiger partial charge on any atom is -0.479 e. The molecule has 7 nitrogen and oxygen atoms in total. The van der Waals surface area contributed by atoms with Crippen molar-refractivity contribution in [3.63, 3.8) is 0 Å². The molecule has 0 saturated carbocycles. The highest BCUT2D eigenvalue weighted by molar-refractivity contribution is 7.99. The fourth-order valence-electron chi connectivity index (χ4n) is 1.90. The Balaban J connectivity index is 3.08. The van der Waals surface area contributed by atoms with E-state index in [1.54, 1.807) is 6.92 Å². The van der Waals surface area contributed by atoms with Gasteiger partial charge in [0.1, 0.15) is 0 Å². The fraction of sp³-hybridized carbons (Fsp3) is 0.312. The number of hydrogen-bond donors (Lipinski definition) is 3. The Morgan fingerprint density at radius 3 is 2.28 bits per heavy atom. The van der Waals surface area contributed by atoms with Crippen LogP contribution in [0.15, 0.2) is 36.4 Å². The van der Waals surface area contributed by atoms with E-state index in [1.165, 1.54) is 30.3 Å². The van der Waals surface area contributed by atoms with Gasteiger partial charge in [-0.25, -0.2) is 14.4 Å². The van der Waals surface area contributed by atoms with Gasteiger partial charge in [0.05, 0.1) is 11.9 Å². The Morgan fingerprint density at radius 1 is 1.24 bits per heavy atom. The number of benzene rings is 1. The SMILES string of the molecule is CCOC(=O)/C=C/CSC(c1ccc(Cl)cc1)C(O)(C(=O)O)C(=O)O. The molecule has 3 N–H and O–H groups in total. The van der Waals surface area contributed by atoms with E-state index in [0.717, 1.165) is 17.8 Å². The van der Waals surface area contributed by atoms with E-state index in [2.05, 4.69) is 0 Å². The topological polar surface area (TPSA) is 121 Å². The number of hydrogen-bond acceptors (Lipinski definition) is 6. The van der Waals surface area contributed by atoms with Crippen LogP contribution in [-0.2, 0) is 19.1 Å². The Hall–Kier alpha value is -2.03. The zero-order chi connectivity index (χ0) is 19.0. The second-order valence-electron chi connectivity index (χ2n) is 4.80. The molecule has 0 aliphatic carbocycles. The van der Waals surface area contributed by atoms with Gasteiger partial charge in [-0.05, 0) is 24.6 Å². The maximum absolute atomic E-state index is 11.4. The normalized spacial score (nSPS) is 12.8. The third-order valence-corrected chi connectivity index (χ3v) is 4.69. The summed E-state index contributed by atoms with van der Waals surface area (Å²) in [4.78, 5) is 34.1. The molecule has 0 saturated heterocycles. The highest BCUT2D eigenvalue weighted by atomic mass is 35.5. The van der Waals surface area contributed by atoms with Gasteiger partial charge in [0.25, 0.3) is 5.60 Å². The molecule has 1 atom stereocenters. The highest BCUT2D eigenvalue weighted by Crippen LogP contribution is 2.39. The number of esters is 1. The Kier molecular flexibility index (Phi) is 7.95. The maximum Gasteiger partial charge on any atom is 0.349 e. The molecule has 0 amide bonds. The Labute approximate surface area is 153 Å². The summed E-state index contributed by atoms with van der Waals surface area (Å²) in [6.45, 7) is 1.86. The Bertz CT molecular complexity index is 643. The average molecular weight is 389 g/mol. The number of thioether (sulfide) groups is 1. The molecule has 0 aliphatic rings. The first-order chi connectivity index (χ1) is 11.7. The molecular weight excluding hydrogens is 372 g/mol. The average Bonchev–Trinajstić information content (AvgIpc) is 2.55. The van der Waals surface area contributed by atoms with Gasteiger partial charge in [0, 0.05) is 16.9 Å². The molecule has 1 aromatic rings. The summed E-state index contributed by atoms with van der Waals surface area (Å²) in [5.74, 6) is -4.27. The van der Waals surface area contributed by atoms with E-state index < -0.39 is 28.8 Å². The first kappa shape index (κ1) is 21.0. The smallest absolute Gasteiger partial charge is 0.349 e. The van der Waals surface area contributed by atoms with Crippen LogP contribution < -0.4 is 0 Å². The van der Waals surface area contributed by atoms with Crippen molar-refractivity contribution >= 4 is 41.3 Å². The van der Waals surface area contributed by atoms with Crippen LogP contribution in [0.25, 0.3) is 0 Å². The molecule has 1 rings (SSSR count). The lowest BCUT2D eigenvalue weighted by Gasteiger charge is -2.28. The van der Waals surface area contributed by atoms with Crippen molar-refractivity contribution in [2.24, 2.45) is 0 Å². The standard InChI is InChI=1S/C16H17ClO7S/c1-2-24-12(18)4-3-9-25-13(10-5-7-11(17)8-6-10)16(23,14(19)20)15(21)22/h3-8,13,23H,2,9H2,1H3,(H,19,20)(H,21,22)/b4-3+. The number of aliphatic carboxylic acids is 2. The summed E-state index contributed by atoms with van der Waals surface area (Å²) in [5, 5.41) is 27.8. The number of halogens is 1. The third-order valence-electron chi connectivity index (χ3n) is 3.10. The summed E-state index contributed by atoms with van der Waals surface area (Å²) in [6.07, 6.45) is 2.55. The van der Waals surface area contributed by atoms with E-state index in [0.29, 0.717) is 5.02 Å². The predicted octanol–water partition coefficient (Wildman–Crippen LogP) is 2.13. The van der Waals surface area contributed by atoms with Crippen LogP contribution in [0, 0.1) is 0 Å². The molecule has 0 aromatic heterocycles. The van der Waals surface area contributed by atoms with Gasteiger partial charge in [0.15, 0.2) is 0 Å².